The highest BCUT2D eigenvalue weighted by Crippen LogP contribution is 2.24. The molecule has 18 heavy (non-hydrogen) atoms. The van der Waals surface area contributed by atoms with Crippen LogP contribution in [0.1, 0.15) is 19.4 Å². The van der Waals surface area contributed by atoms with Gasteiger partial charge in [0.1, 0.15) is 0 Å². The lowest BCUT2D eigenvalue weighted by Gasteiger charge is -2.37. The van der Waals surface area contributed by atoms with Gasteiger partial charge in [-0.3, -0.25) is 0 Å². The van der Waals surface area contributed by atoms with Crippen LogP contribution in [0, 0.1) is 0 Å². The van der Waals surface area contributed by atoms with Gasteiger partial charge in [0.05, 0.1) is 12.2 Å². The summed E-state index contributed by atoms with van der Waals surface area (Å²) in [5, 5.41) is 11.9. The SMILES string of the molecule is CC1CN(c2ccccc2/C(N)=N/O)CC(C)O1. The number of benzene rings is 1. The van der Waals surface area contributed by atoms with Gasteiger partial charge in [-0.1, -0.05) is 17.3 Å². The molecule has 1 fully saturated rings. The molecule has 0 aromatic heterocycles. The van der Waals surface area contributed by atoms with E-state index in [-0.39, 0.29) is 18.0 Å². The zero-order valence-corrected chi connectivity index (χ0v) is 10.7. The monoisotopic (exact) mass is 249 g/mol. The number of anilines is 1. The standard InChI is InChI=1S/C13H19N3O2/c1-9-7-16(8-10(2)18-9)12-6-4-3-5-11(12)13(14)15-17/h3-6,9-10,17H,7-8H2,1-2H3,(H2,14,15). The number of para-hydroxylation sites is 1. The average Bonchev–Trinajstić information content (AvgIpc) is 2.36. The molecule has 0 aliphatic carbocycles. The van der Waals surface area contributed by atoms with Gasteiger partial charge in [-0.2, -0.15) is 0 Å². The Morgan fingerprint density at radius 3 is 2.56 bits per heavy atom. The molecule has 1 saturated heterocycles. The number of oxime groups is 1. The Kier molecular flexibility index (Phi) is 3.72. The van der Waals surface area contributed by atoms with Gasteiger partial charge in [0.25, 0.3) is 0 Å². The average molecular weight is 249 g/mol. The van der Waals surface area contributed by atoms with Gasteiger partial charge < -0.3 is 20.6 Å². The van der Waals surface area contributed by atoms with Crippen molar-refractivity contribution in [2.24, 2.45) is 10.9 Å². The Balaban J connectivity index is 2.32. The zero-order chi connectivity index (χ0) is 13.1. The minimum absolute atomic E-state index is 0.136. The van der Waals surface area contributed by atoms with Crippen LogP contribution in [0.15, 0.2) is 29.4 Å². The number of hydrogen-bond donors (Lipinski definition) is 2. The Morgan fingerprint density at radius 1 is 1.33 bits per heavy atom. The third-order valence-corrected chi connectivity index (χ3v) is 3.05. The lowest BCUT2D eigenvalue weighted by molar-refractivity contribution is -0.00522. The lowest BCUT2D eigenvalue weighted by Crippen LogP contribution is -2.46. The first-order valence-electron chi connectivity index (χ1n) is 6.09. The Morgan fingerprint density at radius 2 is 1.94 bits per heavy atom. The topological polar surface area (TPSA) is 71.1 Å². The van der Waals surface area contributed by atoms with Gasteiger partial charge in [-0.15, -0.1) is 0 Å². The Labute approximate surface area is 107 Å². The van der Waals surface area contributed by atoms with E-state index in [4.69, 9.17) is 15.7 Å². The van der Waals surface area contributed by atoms with E-state index in [0.717, 1.165) is 24.3 Å². The van der Waals surface area contributed by atoms with E-state index in [1.165, 1.54) is 0 Å². The van der Waals surface area contributed by atoms with Crippen LogP contribution in [0.2, 0.25) is 0 Å². The van der Waals surface area contributed by atoms with Crippen LogP contribution in [-0.4, -0.2) is 36.3 Å². The highest BCUT2D eigenvalue weighted by molar-refractivity contribution is 6.02. The van der Waals surface area contributed by atoms with Crippen LogP contribution in [-0.2, 0) is 4.74 Å². The van der Waals surface area contributed by atoms with Gasteiger partial charge >= 0.3 is 0 Å². The summed E-state index contributed by atoms with van der Waals surface area (Å²) in [4.78, 5) is 2.21. The second-order valence-electron chi connectivity index (χ2n) is 4.66. The molecule has 1 aromatic carbocycles. The summed E-state index contributed by atoms with van der Waals surface area (Å²) in [5.41, 5.74) is 7.45. The van der Waals surface area contributed by atoms with Crippen LogP contribution < -0.4 is 10.6 Å². The van der Waals surface area contributed by atoms with Crippen molar-refractivity contribution in [2.45, 2.75) is 26.1 Å². The number of nitrogens with zero attached hydrogens (tertiary/aromatic N) is 2. The van der Waals surface area contributed by atoms with Gasteiger partial charge in [0.2, 0.25) is 0 Å². The zero-order valence-electron chi connectivity index (χ0n) is 10.7. The van der Waals surface area contributed by atoms with Crippen molar-refractivity contribution in [3.63, 3.8) is 0 Å². The first-order chi connectivity index (χ1) is 8.61. The van der Waals surface area contributed by atoms with E-state index in [1.54, 1.807) is 0 Å². The van der Waals surface area contributed by atoms with Gasteiger partial charge in [0, 0.05) is 24.3 Å². The molecule has 5 nitrogen and oxygen atoms in total. The Hall–Kier alpha value is -1.75. The minimum atomic E-state index is 0.136. The molecule has 98 valence electrons. The summed E-state index contributed by atoms with van der Waals surface area (Å²) < 4.78 is 5.71. The molecule has 0 radical (unpaired) electrons. The quantitative estimate of drug-likeness (QED) is 0.360. The second-order valence-corrected chi connectivity index (χ2v) is 4.66. The van der Waals surface area contributed by atoms with Crippen molar-refractivity contribution < 1.29 is 9.94 Å². The molecule has 3 N–H and O–H groups in total. The van der Waals surface area contributed by atoms with Crippen LogP contribution >= 0.6 is 0 Å². The number of amidine groups is 1. The molecule has 2 unspecified atom stereocenters. The van der Waals surface area contributed by atoms with E-state index in [0.29, 0.717) is 0 Å². The number of morpholine rings is 1. The third-order valence-electron chi connectivity index (χ3n) is 3.05. The van der Waals surface area contributed by atoms with Crippen LogP contribution in [0.3, 0.4) is 0 Å². The number of rotatable bonds is 2. The predicted octanol–water partition coefficient (Wildman–Crippen LogP) is 1.39. The summed E-state index contributed by atoms with van der Waals surface area (Å²) in [6.07, 6.45) is 0.350. The van der Waals surface area contributed by atoms with Crippen LogP contribution in [0.5, 0.6) is 0 Å². The van der Waals surface area contributed by atoms with Crippen molar-refractivity contribution >= 4 is 11.5 Å². The summed E-state index contributed by atoms with van der Waals surface area (Å²) in [6.45, 7) is 5.71. The molecule has 1 heterocycles. The summed E-state index contributed by atoms with van der Waals surface area (Å²) in [6, 6.07) is 7.67. The maximum absolute atomic E-state index is 8.83. The minimum Gasteiger partial charge on any atom is -0.409 e. The molecule has 5 heteroatoms. The first kappa shape index (κ1) is 12.7. The smallest absolute Gasteiger partial charge is 0.172 e. The largest absolute Gasteiger partial charge is 0.409 e. The fourth-order valence-corrected chi connectivity index (χ4v) is 2.39. The maximum Gasteiger partial charge on any atom is 0.172 e. The van der Waals surface area contributed by atoms with Gasteiger partial charge in [0.15, 0.2) is 5.84 Å². The molecule has 1 aromatic rings. The molecule has 1 aliphatic heterocycles. The van der Waals surface area contributed by atoms with Crippen molar-refractivity contribution in [2.75, 3.05) is 18.0 Å². The van der Waals surface area contributed by atoms with E-state index in [2.05, 4.69) is 23.9 Å². The van der Waals surface area contributed by atoms with Gasteiger partial charge in [-0.05, 0) is 26.0 Å². The highest BCUT2D eigenvalue weighted by Gasteiger charge is 2.24. The number of ether oxygens (including phenoxy) is 1. The molecular formula is C13H19N3O2. The molecule has 0 spiro atoms. The fraction of sp³-hybridized carbons (Fsp3) is 0.462. The molecule has 2 rings (SSSR count). The summed E-state index contributed by atoms with van der Waals surface area (Å²) >= 11 is 0. The second kappa shape index (κ2) is 5.27. The van der Waals surface area contributed by atoms with E-state index >= 15 is 0 Å². The predicted molar refractivity (Wildman–Crippen MR) is 71.2 cm³/mol. The fourth-order valence-electron chi connectivity index (χ4n) is 2.39. The molecule has 1 aliphatic rings. The third kappa shape index (κ3) is 2.56. The summed E-state index contributed by atoms with van der Waals surface area (Å²) in [7, 11) is 0. The van der Waals surface area contributed by atoms with E-state index < -0.39 is 0 Å². The molecule has 2 atom stereocenters. The van der Waals surface area contributed by atoms with E-state index in [9.17, 15) is 0 Å². The molecule has 0 saturated carbocycles. The van der Waals surface area contributed by atoms with Crippen LogP contribution in [0.25, 0.3) is 0 Å². The maximum atomic E-state index is 8.83. The Bertz CT molecular complexity index is 438. The summed E-state index contributed by atoms with van der Waals surface area (Å²) in [5.74, 6) is 0.136. The van der Waals surface area contributed by atoms with Gasteiger partial charge in [-0.25, -0.2) is 0 Å². The number of hydrogen-bond acceptors (Lipinski definition) is 4. The molecule has 0 amide bonds. The van der Waals surface area contributed by atoms with Crippen molar-refractivity contribution in [1.82, 2.24) is 0 Å². The number of nitrogens with two attached hydrogens (primary N) is 1. The van der Waals surface area contributed by atoms with Crippen molar-refractivity contribution in [3.05, 3.63) is 29.8 Å². The molecular weight excluding hydrogens is 230 g/mol. The van der Waals surface area contributed by atoms with E-state index in [1.807, 2.05) is 24.3 Å². The van der Waals surface area contributed by atoms with Crippen molar-refractivity contribution in [1.29, 1.82) is 0 Å². The molecule has 0 bridgehead atoms. The normalized spacial score (nSPS) is 25.2. The highest BCUT2D eigenvalue weighted by atomic mass is 16.5. The first-order valence-corrected chi connectivity index (χ1v) is 6.09. The lowest BCUT2D eigenvalue weighted by atomic mass is 10.1. The van der Waals surface area contributed by atoms with Crippen molar-refractivity contribution in [3.8, 4) is 0 Å². The van der Waals surface area contributed by atoms with Crippen LogP contribution in [0.4, 0.5) is 5.69 Å².